The van der Waals surface area contributed by atoms with Crippen molar-refractivity contribution >= 4 is 17.6 Å². The molecule has 0 saturated carbocycles. The third kappa shape index (κ3) is 2.29. The summed E-state index contributed by atoms with van der Waals surface area (Å²) < 4.78 is 6.86. The van der Waals surface area contributed by atoms with Gasteiger partial charge in [-0.1, -0.05) is 37.3 Å². The molecule has 0 spiro atoms. The molecule has 0 bridgehead atoms. The molecule has 1 aromatic heterocycles. The molecule has 0 unspecified atom stereocenters. The molecule has 0 fully saturated rings. The molecule has 142 valence electrons. The third-order valence-corrected chi connectivity index (χ3v) is 6.14. The first-order valence-electron chi connectivity index (χ1n) is 9.69. The minimum atomic E-state index is -1.76. The smallest absolute Gasteiger partial charge is 0.343 e. The molecular formula is C23H21NO4. The number of fused-ring (bicyclic) bond motifs is 5. The van der Waals surface area contributed by atoms with Crippen LogP contribution in [0.4, 0.5) is 0 Å². The highest BCUT2D eigenvalue weighted by Gasteiger charge is 2.45. The number of pyridine rings is 1. The maximum atomic E-state index is 13.2. The largest absolute Gasteiger partial charge is 0.458 e. The van der Waals surface area contributed by atoms with Gasteiger partial charge in [0.25, 0.3) is 5.56 Å². The van der Waals surface area contributed by atoms with Crippen LogP contribution < -0.4 is 5.56 Å². The molecule has 1 N–H and O–H groups in total. The third-order valence-electron chi connectivity index (χ3n) is 6.14. The van der Waals surface area contributed by atoms with Crippen molar-refractivity contribution in [1.82, 2.24) is 4.57 Å². The van der Waals surface area contributed by atoms with Crippen molar-refractivity contribution in [3.8, 4) is 0 Å². The predicted molar refractivity (Wildman–Crippen MR) is 105 cm³/mol. The van der Waals surface area contributed by atoms with Crippen molar-refractivity contribution in [3.05, 3.63) is 80.3 Å². The Morgan fingerprint density at radius 2 is 2.07 bits per heavy atom. The van der Waals surface area contributed by atoms with Gasteiger partial charge in [0.05, 0.1) is 17.8 Å². The van der Waals surface area contributed by atoms with Crippen molar-refractivity contribution in [1.29, 1.82) is 0 Å². The fourth-order valence-corrected chi connectivity index (χ4v) is 4.52. The van der Waals surface area contributed by atoms with E-state index >= 15 is 0 Å². The van der Waals surface area contributed by atoms with Gasteiger partial charge < -0.3 is 14.4 Å². The van der Waals surface area contributed by atoms with Gasteiger partial charge in [-0.2, -0.15) is 0 Å². The predicted octanol–water partition coefficient (Wildman–Crippen LogP) is 2.93. The Morgan fingerprint density at radius 3 is 2.89 bits per heavy atom. The average Bonchev–Trinajstić information content (AvgIpc) is 3.01. The van der Waals surface area contributed by atoms with Gasteiger partial charge >= 0.3 is 5.97 Å². The minimum Gasteiger partial charge on any atom is -0.458 e. The van der Waals surface area contributed by atoms with Crippen LogP contribution in [0.2, 0.25) is 0 Å². The van der Waals surface area contributed by atoms with E-state index in [4.69, 9.17) is 4.74 Å². The summed E-state index contributed by atoms with van der Waals surface area (Å²) in [6.45, 7) is 2.12. The summed E-state index contributed by atoms with van der Waals surface area (Å²) in [4.78, 5) is 25.4. The highest BCUT2D eigenvalue weighted by atomic mass is 16.6. The highest BCUT2D eigenvalue weighted by Crippen LogP contribution is 2.39. The van der Waals surface area contributed by atoms with Crippen LogP contribution in [0.5, 0.6) is 0 Å². The lowest BCUT2D eigenvalue weighted by Crippen LogP contribution is -2.44. The number of cyclic esters (lactones) is 1. The number of nitrogens with zero attached hydrogens (tertiary/aromatic N) is 1. The zero-order chi connectivity index (χ0) is 19.5. The number of hydrogen-bond acceptors (Lipinski definition) is 4. The number of carbonyl (C=O) groups is 1. The first-order valence-corrected chi connectivity index (χ1v) is 9.69. The fraction of sp³-hybridized carbons (Fsp3) is 0.304. The summed E-state index contributed by atoms with van der Waals surface area (Å²) in [5.74, 6) is -0.679. The molecule has 0 amide bonds. The monoisotopic (exact) mass is 375 g/mol. The Balaban J connectivity index is 1.72. The quantitative estimate of drug-likeness (QED) is 0.778. The van der Waals surface area contributed by atoms with Gasteiger partial charge in [-0.25, -0.2) is 4.79 Å². The Bertz CT molecular complexity index is 1140. The molecule has 1 aromatic carbocycles. The SMILES string of the molecule is CC[C@@]1(O)C(=O)OCc2c1cc1n(c2=O)CC2=Cc3ccccc3CCC=C21. The summed E-state index contributed by atoms with van der Waals surface area (Å²) in [7, 11) is 0. The number of ether oxygens (including phenoxy) is 1. The van der Waals surface area contributed by atoms with Crippen LogP contribution in [-0.4, -0.2) is 15.6 Å². The number of allylic oxidation sites excluding steroid dienone is 3. The van der Waals surface area contributed by atoms with Crippen molar-refractivity contribution in [3.63, 3.8) is 0 Å². The molecule has 2 aliphatic heterocycles. The van der Waals surface area contributed by atoms with E-state index in [-0.39, 0.29) is 18.6 Å². The van der Waals surface area contributed by atoms with Gasteiger partial charge in [-0.3, -0.25) is 4.79 Å². The van der Waals surface area contributed by atoms with E-state index in [0.29, 0.717) is 17.7 Å². The summed E-state index contributed by atoms with van der Waals surface area (Å²) in [5, 5.41) is 10.9. The van der Waals surface area contributed by atoms with Crippen LogP contribution in [0.1, 0.15) is 47.7 Å². The van der Waals surface area contributed by atoms with E-state index in [1.807, 2.05) is 18.2 Å². The van der Waals surface area contributed by atoms with E-state index in [1.165, 1.54) is 11.1 Å². The molecular weight excluding hydrogens is 354 g/mol. The van der Waals surface area contributed by atoms with Crippen molar-refractivity contribution in [2.24, 2.45) is 0 Å². The Labute approximate surface area is 162 Å². The highest BCUT2D eigenvalue weighted by molar-refractivity contribution is 5.88. The number of rotatable bonds is 1. The second-order valence-corrected chi connectivity index (χ2v) is 7.63. The molecule has 3 heterocycles. The molecule has 1 aliphatic carbocycles. The maximum Gasteiger partial charge on any atom is 0.343 e. The molecule has 3 aliphatic rings. The maximum absolute atomic E-state index is 13.2. The van der Waals surface area contributed by atoms with E-state index < -0.39 is 11.6 Å². The molecule has 0 saturated heterocycles. The summed E-state index contributed by atoms with van der Waals surface area (Å²) in [6.07, 6.45) is 6.29. The summed E-state index contributed by atoms with van der Waals surface area (Å²) in [5.41, 5.74) is 4.18. The van der Waals surface area contributed by atoms with Gasteiger partial charge in [0.15, 0.2) is 5.60 Å². The van der Waals surface area contributed by atoms with E-state index in [1.54, 1.807) is 11.5 Å². The van der Waals surface area contributed by atoms with E-state index in [2.05, 4.69) is 24.3 Å². The van der Waals surface area contributed by atoms with Gasteiger partial charge in [0.1, 0.15) is 6.61 Å². The van der Waals surface area contributed by atoms with Crippen LogP contribution in [0.3, 0.4) is 0 Å². The van der Waals surface area contributed by atoms with E-state index in [0.717, 1.165) is 29.7 Å². The Kier molecular flexibility index (Phi) is 3.71. The Hall–Kier alpha value is -2.92. The van der Waals surface area contributed by atoms with Gasteiger partial charge in [0, 0.05) is 5.56 Å². The molecule has 5 heteroatoms. The number of carbonyl (C=O) groups excluding carboxylic acids is 1. The molecule has 1 atom stereocenters. The normalized spacial score (nSPS) is 22.6. The van der Waals surface area contributed by atoms with Crippen molar-refractivity contribution in [2.75, 3.05) is 0 Å². The fourth-order valence-electron chi connectivity index (χ4n) is 4.52. The van der Waals surface area contributed by atoms with Gasteiger partial charge in [0.2, 0.25) is 0 Å². The number of aliphatic hydroxyl groups is 1. The first kappa shape index (κ1) is 17.2. The zero-order valence-electron chi connectivity index (χ0n) is 15.7. The van der Waals surface area contributed by atoms with Crippen LogP contribution in [0.25, 0.3) is 11.6 Å². The molecule has 5 rings (SSSR count). The lowest BCUT2D eigenvalue weighted by atomic mass is 9.85. The standard InChI is InChI=1S/C23H21NO4/c1-2-23(27)19-11-20-17-9-5-8-14-6-3-4-7-15(14)10-16(17)12-24(20)21(25)18(19)13-28-22(23)26/h3-4,6-7,9-11,27H,2,5,8,12-13H2,1H3/t23-/m0/s1. The van der Waals surface area contributed by atoms with Crippen LogP contribution in [0, 0.1) is 0 Å². The second-order valence-electron chi connectivity index (χ2n) is 7.63. The van der Waals surface area contributed by atoms with Crippen molar-refractivity contribution < 1.29 is 14.6 Å². The lowest BCUT2D eigenvalue weighted by molar-refractivity contribution is -0.172. The number of aryl methyl sites for hydroxylation is 1. The van der Waals surface area contributed by atoms with Gasteiger partial charge in [-0.15, -0.1) is 0 Å². The van der Waals surface area contributed by atoms with Crippen LogP contribution >= 0.6 is 0 Å². The Morgan fingerprint density at radius 1 is 1.25 bits per heavy atom. The molecule has 2 aromatic rings. The van der Waals surface area contributed by atoms with Crippen LogP contribution in [0.15, 0.2) is 46.8 Å². The minimum absolute atomic E-state index is 0.0868. The molecule has 5 nitrogen and oxygen atoms in total. The number of benzene rings is 1. The van der Waals surface area contributed by atoms with Crippen LogP contribution in [-0.2, 0) is 34.7 Å². The number of hydrogen-bond donors (Lipinski definition) is 1. The summed E-state index contributed by atoms with van der Waals surface area (Å²) in [6, 6.07) is 10.1. The topological polar surface area (TPSA) is 68.5 Å². The van der Waals surface area contributed by atoms with Crippen molar-refractivity contribution in [2.45, 2.75) is 44.9 Å². The first-order chi connectivity index (χ1) is 13.5. The second kappa shape index (κ2) is 6.04. The zero-order valence-corrected chi connectivity index (χ0v) is 15.7. The number of aromatic nitrogens is 1. The number of esters is 1. The van der Waals surface area contributed by atoms with E-state index in [9.17, 15) is 14.7 Å². The molecule has 28 heavy (non-hydrogen) atoms. The lowest BCUT2D eigenvalue weighted by Gasteiger charge is -2.31. The van der Waals surface area contributed by atoms with Gasteiger partial charge in [-0.05, 0) is 53.7 Å². The summed E-state index contributed by atoms with van der Waals surface area (Å²) >= 11 is 0. The average molecular weight is 375 g/mol. The molecule has 0 radical (unpaired) electrons.